The third kappa shape index (κ3) is 6.06. The van der Waals surface area contributed by atoms with Crippen LogP contribution in [0.2, 0.25) is 0 Å². The SMILES string of the molecule is COC(=O)[C@@H](Cc1ccccc1)N(NC(=O)c1ccc(C(F)(F)F)cc1)c1ccc(OC)cc1. The van der Waals surface area contributed by atoms with E-state index in [1.54, 1.807) is 24.3 Å². The normalized spacial score (nSPS) is 11.9. The minimum Gasteiger partial charge on any atom is -0.497 e. The molecule has 0 aliphatic rings. The largest absolute Gasteiger partial charge is 0.497 e. The van der Waals surface area contributed by atoms with Gasteiger partial charge >= 0.3 is 12.1 Å². The quantitative estimate of drug-likeness (QED) is 0.382. The van der Waals surface area contributed by atoms with E-state index in [0.29, 0.717) is 11.4 Å². The van der Waals surface area contributed by atoms with Gasteiger partial charge in [0.2, 0.25) is 0 Å². The van der Waals surface area contributed by atoms with Gasteiger partial charge in [0.25, 0.3) is 5.91 Å². The summed E-state index contributed by atoms with van der Waals surface area (Å²) in [5.74, 6) is -0.727. The van der Waals surface area contributed by atoms with E-state index >= 15 is 0 Å². The molecule has 9 heteroatoms. The Morgan fingerprint density at radius 2 is 1.53 bits per heavy atom. The van der Waals surface area contributed by atoms with Crippen LogP contribution >= 0.6 is 0 Å². The fraction of sp³-hybridized carbons (Fsp3) is 0.200. The van der Waals surface area contributed by atoms with Crippen molar-refractivity contribution in [1.29, 1.82) is 0 Å². The maximum absolute atomic E-state index is 13.0. The Bertz CT molecular complexity index is 1100. The molecule has 1 amide bonds. The Kier molecular flexibility index (Phi) is 7.78. The molecule has 3 rings (SSSR count). The van der Waals surface area contributed by atoms with Crippen LogP contribution in [0.15, 0.2) is 78.9 Å². The molecular formula is C25H23F3N2O4. The monoisotopic (exact) mass is 472 g/mol. The van der Waals surface area contributed by atoms with E-state index in [1.165, 1.54) is 19.2 Å². The van der Waals surface area contributed by atoms with Gasteiger partial charge in [0.1, 0.15) is 5.75 Å². The van der Waals surface area contributed by atoms with Gasteiger partial charge in [0.05, 0.1) is 25.5 Å². The van der Waals surface area contributed by atoms with Gasteiger partial charge in [-0.3, -0.25) is 15.2 Å². The van der Waals surface area contributed by atoms with E-state index in [2.05, 4.69) is 5.43 Å². The highest BCUT2D eigenvalue weighted by molar-refractivity contribution is 5.96. The van der Waals surface area contributed by atoms with Crippen molar-refractivity contribution in [3.8, 4) is 5.75 Å². The van der Waals surface area contributed by atoms with Crippen LogP contribution in [0.1, 0.15) is 21.5 Å². The van der Waals surface area contributed by atoms with E-state index in [1.807, 2.05) is 30.3 Å². The number of carbonyl (C=O) groups excluding carboxylic acids is 2. The number of hydrazine groups is 1. The molecule has 3 aromatic carbocycles. The average Bonchev–Trinajstić information content (AvgIpc) is 2.85. The number of ether oxygens (including phenoxy) is 2. The second-order valence-electron chi connectivity index (χ2n) is 7.31. The van der Waals surface area contributed by atoms with Crippen molar-refractivity contribution in [3.63, 3.8) is 0 Å². The Labute approximate surface area is 194 Å². The van der Waals surface area contributed by atoms with Gasteiger partial charge in [-0.15, -0.1) is 0 Å². The predicted octanol–water partition coefficient (Wildman–Crippen LogP) is 4.65. The van der Waals surface area contributed by atoms with Gasteiger partial charge in [0, 0.05) is 12.0 Å². The first-order valence-corrected chi connectivity index (χ1v) is 10.3. The van der Waals surface area contributed by atoms with Crippen LogP contribution < -0.4 is 15.2 Å². The van der Waals surface area contributed by atoms with Crippen LogP contribution in [0.3, 0.4) is 0 Å². The molecule has 178 valence electrons. The Morgan fingerprint density at radius 1 is 0.912 bits per heavy atom. The molecule has 0 bridgehead atoms. The lowest BCUT2D eigenvalue weighted by atomic mass is 10.0. The number of amides is 1. The molecule has 1 N–H and O–H groups in total. The standard InChI is InChI=1S/C25H23F3N2O4/c1-33-21-14-12-20(13-15-21)30(22(24(32)34-2)16-17-6-4-3-5-7-17)29-23(31)18-8-10-19(11-9-18)25(26,27)28/h3-15,22H,16H2,1-2H3,(H,29,31)/t22-/m1/s1. The number of anilines is 1. The second-order valence-corrected chi connectivity index (χ2v) is 7.31. The summed E-state index contributed by atoms with van der Waals surface area (Å²) in [6.07, 6.45) is -4.32. The third-order valence-corrected chi connectivity index (χ3v) is 5.10. The van der Waals surface area contributed by atoms with Crippen LogP contribution in [0.4, 0.5) is 18.9 Å². The first kappa shape index (κ1) is 24.6. The van der Waals surface area contributed by atoms with Crippen molar-refractivity contribution in [2.24, 2.45) is 0 Å². The topological polar surface area (TPSA) is 67.9 Å². The van der Waals surface area contributed by atoms with Gasteiger partial charge in [0.15, 0.2) is 6.04 Å². The maximum atomic E-state index is 13.0. The molecule has 0 heterocycles. The number of carbonyl (C=O) groups is 2. The number of benzene rings is 3. The molecule has 0 aromatic heterocycles. The van der Waals surface area contributed by atoms with E-state index in [4.69, 9.17) is 9.47 Å². The number of hydrogen-bond acceptors (Lipinski definition) is 5. The molecule has 0 saturated heterocycles. The number of alkyl halides is 3. The molecule has 0 unspecified atom stereocenters. The summed E-state index contributed by atoms with van der Waals surface area (Å²) >= 11 is 0. The average molecular weight is 472 g/mol. The van der Waals surface area contributed by atoms with Crippen molar-refractivity contribution in [2.45, 2.75) is 18.6 Å². The lowest BCUT2D eigenvalue weighted by Gasteiger charge is -2.32. The zero-order valence-corrected chi connectivity index (χ0v) is 18.5. The highest BCUT2D eigenvalue weighted by Crippen LogP contribution is 2.29. The van der Waals surface area contributed by atoms with Crippen LogP contribution in [-0.4, -0.2) is 32.1 Å². The lowest BCUT2D eigenvalue weighted by Crippen LogP contribution is -2.53. The fourth-order valence-corrected chi connectivity index (χ4v) is 3.30. The van der Waals surface area contributed by atoms with E-state index in [-0.39, 0.29) is 12.0 Å². The van der Waals surface area contributed by atoms with Gasteiger partial charge in [-0.05, 0) is 54.1 Å². The number of halogens is 3. The number of methoxy groups -OCH3 is 2. The number of nitrogens with one attached hydrogen (secondary N) is 1. The Morgan fingerprint density at radius 3 is 2.06 bits per heavy atom. The first-order chi connectivity index (χ1) is 16.2. The summed E-state index contributed by atoms with van der Waals surface area (Å²) in [6, 6.07) is 18.6. The molecule has 0 fully saturated rings. The maximum Gasteiger partial charge on any atom is 0.416 e. The van der Waals surface area contributed by atoms with Crippen LogP contribution in [0.5, 0.6) is 5.75 Å². The van der Waals surface area contributed by atoms with Crippen LogP contribution in [0, 0.1) is 0 Å². The zero-order chi connectivity index (χ0) is 24.7. The molecule has 0 saturated carbocycles. The van der Waals surface area contributed by atoms with Gasteiger partial charge in [-0.1, -0.05) is 30.3 Å². The van der Waals surface area contributed by atoms with Gasteiger partial charge in [-0.25, -0.2) is 4.79 Å². The van der Waals surface area contributed by atoms with E-state index in [9.17, 15) is 22.8 Å². The summed E-state index contributed by atoms with van der Waals surface area (Å²) in [5, 5.41) is 1.35. The van der Waals surface area contributed by atoms with Crippen LogP contribution in [0.25, 0.3) is 0 Å². The smallest absolute Gasteiger partial charge is 0.416 e. The summed E-state index contributed by atoms with van der Waals surface area (Å²) in [7, 11) is 2.75. The number of nitrogens with zero attached hydrogens (tertiary/aromatic N) is 1. The van der Waals surface area contributed by atoms with Crippen molar-refractivity contribution in [1.82, 2.24) is 5.43 Å². The molecule has 1 atom stereocenters. The molecule has 0 aliphatic carbocycles. The molecule has 0 radical (unpaired) electrons. The second kappa shape index (κ2) is 10.7. The number of esters is 1. The van der Waals surface area contributed by atoms with Crippen molar-refractivity contribution in [3.05, 3.63) is 95.6 Å². The summed E-state index contributed by atoms with van der Waals surface area (Å²) in [4.78, 5) is 25.7. The zero-order valence-electron chi connectivity index (χ0n) is 18.5. The third-order valence-electron chi connectivity index (χ3n) is 5.10. The first-order valence-electron chi connectivity index (χ1n) is 10.3. The summed E-state index contributed by atoms with van der Waals surface area (Å²) in [6.45, 7) is 0. The lowest BCUT2D eigenvalue weighted by molar-refractivity contribution is -0.142. The number of rotatable bonds is 8. The van der Waals surface area contributed by atoms with E-state index in [0.717, 1.165) is 29.8 Å². The highest BCUT2D eigenvalue weighted by atomic mass is 19.4. The van der Waals surface area contributed by atoms with Crippen LogP contribution in [-0.2, 0) is 22.1 Å². The highest BCUT2D eigenvalue weighted by Gasteiger charge is 2.32. The molecular weight excluding hydrogens is 449 g/mol. The van der Waals surface area contributed by atoms with Gasteiger partial charge in [-0.2, -0.15) is 13.2 Å². The number of hydrogen-bond donors (Lipinski definition) is 1. The minimum absolute atomic E-state index is 0.00478. The fourth-order valence-electron chi connectivity index (χ4n) is 3.30. The molecule has 34 heavy (non-hydrogen) atoms. The van der Waals surface area contributed by atoms with E-state index < -0.39 is 29.7 Å². The molecule has 0 aliphatic heterocycles. The summed E-state index contributed by atoms with van der Waals surface area (Å²) in [5.41, 5.74) is 3.05. The summed E-state index contributed by atoms with van der Waals surface area (Å²) < 4.78 is 48.8. The Hall–Kier alpha value is -4.01. The van der Waals surface area contributed by atoms with Gasteiger partial charge < -0.3 is 9.47 Å². The minimum atomic E-state index is -4.52. The van der Waals surface area contributed by atoms with Crippen molar-refractivity contribution >= 4 is 17.6 Å². The Balaban J connectivity index is 1.96. The predicted molar refractivity (Wildman–Crippen MR) is 120 cm³/mol. The molecule has 0 spiro atoms. The molecule has 3 aromatic rings. The van der Waals surface area contributed by atoms with Crippen molar-refractivity contribution in [2.75, 3.05) is 19.2 Å². The molecule has 6 nitrogen and oxygen atoms in total. The van der Waals surface area contributed by atoms with Crippen molar-refractivity contribution < 1.29 is 32.2 Å².